The molecule has 5 rings (SSSR count). The van der Waals surface area contributed by atoms with Crippen LogP contribution in [-0.2, 0) is 5.75 Å². The van der Waals surface area contributed by atoms with Crippen molar-refractivity contribution in [3.05, 3.63) is 93.5 Å². The molecule has 7 heteroatoms. The van der Waals surface area contributed by atoms with Gasteiger partial charge in [0.15, 0.2) is 5.16 Å². The van der Waals surface area contributed by atoms with Gasteiger partial charge in [-0.2, -0.15) is 0 Å². The Morgan fingerprint density at radius 3 is 2.44 bits per heavy atom. The van der Waals surface area contributed by atoms with Crippen molar-refractivity contribution >= 4 is 34.3 Å². The van der Waals surface area contributed by atoms with Gasteiger partial charge in [0.2, 0.25) is 0 Å². The first-order valence-electron chi connectivity index (χ1n) is 12.5. The van der Waals surface area contributed by atoms with Crippen molar-refractivity contribution in [1.82, 2.24) is 14.5 Å². The summed E-state index contributed by atoms with van der Waals surface area (Å²) in [5, 5.41) is 4.25. The van der Waals surface area contributed by atoms with Gasteiger partial charge in [0, 0.05) is 35.4 Å². The fraction of sp³-hybridized carbons (Fsp3) is 0.310. The molecule has 0 atom stereocenters. The number of carbonyl (C=O) groups excluding carboxylic acids is 1. The fourth-order valence-corrected chi connectivity index (χ4v) is 5.98. The lowest BCUT2D eigenvalue weighted by molar-refractivity contribution is 0.102. The van der Waals surface area contributed by atoms with Gasteiger partial charge in [-0.25, -0.2) is 4.98 Å². The summed E-state index contributed by atoms with van der Waals surface area (Å²) in [5.74, 6) is 0.478. The summed E-state index contributed by atoms with van der Waals surface area (Å²) in [6, 6.07) is 15.3. The molecule has 1 saturated carbocycles. The molecule has 0 aliphatic heterocycles. The van der Waals surface area contributed by atoms with Crippen LogP contribution in [0, 0.1) is 13.8 Å². The second-order valence-corrected chi connectivity index (χ2v) is 10.5. The van der Waals surface area contributed by atoms with Crippen molar-refractivity contribution in [2.75, 3.05) is 5.32 Å². The highest BCUT2D eigenvalue weighted by atomic mass is 32.2. The van der Waals surface area contributed by atoms with Crippen LogP contribution in [-0.4, -0.2) is 20.4 Å². The highest BCUT2D eigenvalue weighted by molar-refractivity contribution is 7.98. The molecule has 1 aliphatic carbocycles. The number of anilines is 1. The van der Waals surface area contributed by atoms with E-state index in [0.29, 0.717) is 27.4 Å². The van der Waals surface area contributed by atoms with E-state index >= 15 is 0 Å². The van der Waals surface area contributed by atoms with Crippen LogP contribution in [0.3, 0.4) is 0 Å². The largest absolute Gasteiger partial charge is 0.322 e. The van der Waals surface area contributed by atoms with E-state index in [9.17, 15) is 9.59 Å². The third kappa shape index (κ3) is 5.36. The number of nitrogens with one attached hydrogen (secondary N) is 1. The summed E-state index contributed by atoms with van der Waals surface area (Å²) >= 11 is 1.57. The summed E-state index contributed by atoms with van der Waals surface area (Å²) in [6.07, 6.45) is 9.00. The predicted octanol–water partition coefficient (Wildman–Crippen LogP) is 6.46. The van der Waals surface area contributed by atoms with Gasteiger partial charge in [0.05, 0.1) is 10.9 Å². The van der Waals surface area contributed by atoms with E-state index in [0.717, 1.165) is 48.1 Å². The van der Waals surface area contributed by atoms with E-state index < -0.39 is 0 Å². The highest BCUT2D eigenvalue weighted by Gasteiger charge is 2.22. The van der Waals surface area contributed by atoms with E-state index in [2.05, 4.69) is 16.4 Å². The fourth-order valence-electron chi connectivity index (χ4n) is 4.96. The Hall–Kier alpha value is -3.45. The Morgan fingerprint density at radius 1 is 1.00 bits per heavy atom. The lowest BCUT2D eigenvalue weighted by Gasteiger charge is -2.26. The molecule has 6 nitrogen and oxygen atoms in total. The Kier molecular flexibility index (Phi) is 7.18. The van der Waals surface area contributed by atoms with Gasteiger partial charge >= 0.3 is 0 Å². The minimum absolute atomic E-state index is 0.0228. The van der Waals surface area contributed by atoms with Crippen LogP contribution in [0.2, 0.25) is 0 Å². The van der Waals surface area contributed by atoms with E-state index in [-0.39, 0.29) is 17.5 Å². The van der Waals surface area contributed by atoms with Crippen molar-refractivity contribution in [2.45, 2.75) is 62.9 Å². The molecule has 1 fully saturated rings. The number of thioether (sulfide) groups is 1. The molecule has 184 valence electrons. The van der Waals surface area contributed by atoms with E-state index in [1.165, 1.54) is 6.42 Å². The Balaban J connectivity index is 1.51. The maximum atomic E-state index is 13.7. The van der Waals surface area contributed by atoms with E-state index in [1.54, 1.807) is 42.4 Å². The molecule has 2 aromatic heterocycles. The third-order valence-electron chi connectivity index (χ3n) is 6.67. The average molecular weight is 499 g/mol. The van der Waals surface area contributed by atoms with Gasteiger partial charge < -0.3 is 5.32 Å². The van der Waals surface area contributed by atoms with Crippen molar-refractivity contribution in [3.8, 4) is 0 Å². The highest BCUT2D eigenvalue weighted by Crippen LogP contribution is 2.32. The lowest BCUT2D eigenvalue weighted by atomic mass is 9.95. The van der Waals surface area contributed by atoms with Crippen LogP contribution >= 0.6 is 11.8 Å². The average Bonchev–Trinajstić information content (AvgIpc) is 2.87. The quantitative estimate of drug-likeness (QED) is 0.244. The zero-order valence-corrected chi connectivity index (χ0v) is 21.5. The van der Waals surface area contributed by atoms with E-state index in [4.69, 9.17) is 4.98 Å². The number of hydrogen-bond donors (Lipinski definition) is 1. The van der Waals surface area contributed by atoms with Crippen molar-refractivity contribution in [1.29, 1.82) is 0 Å². The molecular weight excluding hydrogens is 468 g/mol. The Bertz CT molecular complexity index is 1440. The number of aryl methyl sites for hydroxylation is 2. The maximum absolute atomic E-state index is 13.7. The standard InChI is InChI=1S/C29H30N4O2S/c1-19-14-20(2)16-23(15-19)31-27(34)22-8-9-25-26(17-22)32-29(36-18-21-10-12-30-13-11-21)33(28(25)35)24-6-4-3-5-7-24/h8-17,24H,3-7,18H2,1-2H3,(H,31,34). The van der Waals surface area contributed by atoms with Gasteiger partial charge in [-0.3, -0.25) is 19.1 Å². The number of amides is 1. The van der Waals surface area contributed by atoms with E-state index in [1.807, 2.05) is 42.7 Å². The first-order valence-corrected chi connectivity index (χ1v) is 13.4. The molecule has 0 saturated heterocycles. The number of fused-ring (bicyclic) bond motifs is 1. The van der Waals surface area contributed by atoms with Gasteiger partial charge in [0.25, 0.3) is 11.5 Å². The molecule has 1 N–H and O–H groups in total. The minimum Gasteiger partial charge on any atom is -0.322 e. The van der Waals surface area contributed by atoms with Gasteiger partial charge in [-0.1, -0.05) is 37.1 Å². The zero-order valence-electron chi connectivity index (χ0n) is 20.7. The second-order valence-electron chi connectivity index (χ2n) is 9.57. The molecule has 1 aliphatic rings. The monoisotopic (exact) mass is 498 g/mol. The summed E-state index contributed by atoms with van der Waals surface area (Å²) in [7, 11) is 0. The first-order chi connectivity index (χ1) is 17.5. The Morgan fingerprint density at radius 2 is 1.72 bits per heavy atom. The Labute approximate surface area is 215 Å². The lowest BCUT2D eigenvalue weighted by Crippen LogP contribution is -2.29. The van der Waals surface area contributed by atoms with Crippen LogP contribution < -0.4 is 10.9 Å². The molecule has 0 radical (unpaired) electrons. The molecule has 2 heterocycles. The van der Waals surface area contributed by atoms with Gasteiger partial charge in [0.1, 0.15) is 0 Å². The number of pyridine rings is 1. The third-order valence-corrected chi connectivity index (χ3v) is 7.69. The number of aromatic nitrogens is 3. The molecule has 0 bridgehead atoms. The second kappa shape index (κ2) is 10.7. The van der Waals surface area contributed by atoms with Gasteiger partial charge in [-0.05, 0) is 85.8 Å². The number of carbonyl (C=O) groups is 1. The molecular formula is C29H30N4O2S. The molecule has 0 spiro atoms. The number of nitrogens with zero attached hydrogens (tertiary/aromatic N) is 3. The summed E-state index contributed by atoms with van der Waals surface area (Å²) in [6.45, 7) is 4.01. The summed E-state index contributed by atoms with van der Waals surface area (Å²) in [4.78, 5) is 35.8. The maximum Gasteiger partial charge on any atom is 0.262 e. The normalized spacial score (nSPS) is 14.2. The number of benzene rings is 2. The predicted molar refractivity (Wildman–Crippen MR) is 146 cm³/mol. The van der Waals surface area contributed by atoms with Crippen molar-refractivity contribution in [2.24, 2.45) is 0 Å². The van der Waals surface area contributed by atoms with Crippen LogP contribution in [0.15, 0.2) is 70.9 Å². The van der Waals surface area contributed by atoms with Crippen molar-refractivity contribution in [3.63, 3.8) is 0 Å². The smallest absolute Gasteiger partial charge is 0.262 e. The van der Waals surface area contributed by atoms with Crippen LogP contribution in [0.5, 0.6) is 0 Å². The summed E-state index contributed by atoms with van der Waals surface area (Å²) in [5.41, 5.74) is 5.07. The summed E-state index contributed by atoms with van der Waals surface area (Å²) < 4.78 is 1.91. The molecule has 36 heavy (non-hydrogen) atoms. The topological polar surface area (TPSA) is 76.9 Å². The minimum atomic E-state index is -0.217. The number of hydrogen-bond acceptors (Lipinski definition) is 5. The van der Waals surface area contributed by atoms with Crippen LogP contribution in [0.1, 0.15) is 65.2 Å². The van der Waals surface area contributed by atoms with Crippen LogP contribution in [0.4, 0.5) is 5.69 Å². The molecule has 2 aromatic carbocycles. The van der Waals surface area contributed by atoms with Crippen molar-refractivity contribution < 1.29 is 4.79 Å². The SMILES string of the molecule is Cc1cc(C)cc(NC(=O)c2ccc3c(=O)n(C4CCCCC4)c(SCc4ccncc4)nc3c2)c1. The number of rotatable bonds is 6. The zero-order chi connectivity index (χ0) is 25.1. The molecule has 0 unspecified atom stereocenters. The molecule has 1 amide bonds. The van der Waals surface area contributed by atoms with Gasteiger partial charge in [-0.15, -0.1) is 0 Å². The molecule has 4 aromatic rings. The van der Waals surface area contributed by atoms with Crippen LogP contribution in [0.25, 0.3) is 10.9 Å². The first kappa shape index (κ1) is 24.3.